The summed E-state index contributed by atoms with van der Waals surface area (Å²) in [7, 11) is 0. The molecular weight excluding hydrogens is 292 g/mol. The highest BCUT2D eigenvalue weighted by atomic mass is 16.2. The molecule has 3 rings (SSSR count). The van der Waals surface area contributed by atoms with Gasteiger partial charge >= 0.3 is 0 Å². The first-order valence-corrected chi connectivity index (χ1v) is 7.77. The third-order valence-electron chi connectivity index (χ3n) is 4.09. The minimum atomic E-state index is -0.142. The second-order valence-electron chi connectivity index (χ2n) is 5.68. The fourth-order valence-corrected chi connectivity index (χ4v) is 2.74. The number of rotatable bonds is 4. The van der Waals surface area contributed by atoms with Crippen LogP contribution < -0.4 is 5.56 Å². The van der Waals surface area contributed by atoms with E-state index in [1.807, 2.05) is 17.0 Å². The molecule has 0 spiro atoms. The average molecular weight is 312 g/mol. The molecule has 120 valence electrons. The van der Waals surface area contributed by atoms with Gasteiger partial charge < -0.3 is 9.47 Å². The lowest BCUT2D eigenvalue weighted by molar-refractivity contribution is -0.133. The molecule has 0 saturated carbocycles. The van der Waals surface area contributed by atoms with Crippen molar-refractivity contribution in [3.05, 3.63) is 64.8 Å². The molecule has 6 heteroatoms. The second-order valence-corrected chi connectivity index (χ2v) is 5.68. The molecule has 1 aliphatic heterocycles. The Morgan fingerprint density at radius 1 is 1.04 bits per heavy atom. The van der Waals surface area contributed by atoms with E-state index in [4.69, 9.17) is 0 Å². The number of amides is 1. The zero-order chi connectivity index (χ0) is 16.1. The summed E-state index contributed by atoms with van der Waals surface area (Å²) in [4.78, 5) is 32.2. The molecule has 0 atom stereocenters. The Morgan fingerprint density at radius 3 is 2.48 bits per heavy atom. The summed E-state index contributed by atoms with van der Waals surface area (Å²) in [5.41, 5.74) is 1.09. The molecular formula is C17H20N4O2. The lowest BCUT2D eigenvalue weighted by atomic mass is 10.2. The zero-order valence-corrected chi connectivity index (χ0v) is 13.0. The molecule has 0 unspecified atom stereocenters. The van der Waals surface area contributed by atoms with Crippen LogP contribution in [0.2, 0.25) is 0 Å². The van der Waals surface area contributed by atoms with Crippen LogP contribution in [-0.2, 0) is 17.9 Å². The first-order chi connectivity index (χ1) is 11.2. The number of aromatic nitrogens is 2. The van der Waals surface area contributed by atoms with Crippen LogP contribution in [-0.4, -0.2) is 51.4 Å². The van der Waals surface area contributed by atoms with Gasteiger partial charge in [0.05, 0.1) is 0 Å². The van der Waals surface area contributed by atoms with E-state index in [0.29, 0.717) is 13.1 Å². The van der Waals surface area contributed by atoms with Gasteiger partial charge in [0.1, 0.15) is 6.54 Å². The maximum absolute atomic E-state index is 12.3. The number of carbonyl (C=O) groups is 1. The van der Waals surface area contributed by atoms with Gasteiger partial charge in [-0.05, 0) is 23.8 Å². The molecule has 1 amide bonds. The Morgan fingerprint density at radius 2 is 1.78 bits per heavy atom. The summed E-state index contributed by atoms with van der Waals surface area (Å²) in [6.07, 6.45) is 5.25. The Hall–Kier alpha value is -2.47. The van der Waals surface area contributed by atoms with Crippen molar-refractivity contribution in [2.24, 2.45) is 0 Å². The Labute approximate surface area is 135 Å². The van der Waals surface area contributed by atoms with Gasteiger partial charge in [-0.3, -0.25) is 19.5 Å². The smallest absolute Gasteiger partial charge is 0.250 e. The molecule has 6 nitrogen and oxygen atoms in total. The largest absolute Gasteiger partial charge is 0.339 e. The quantitative estimate of drug-likeness (QED) is 0.829. The summed E-state index contributed by atoms with van der Waals surface area (Å²) >= 11 is 0. The molecule has 0 aliphatic carbocycles. The second kappa shape index (κ2) is 7.19. The van der Waals surface area contributed by atoms with E-state index in [2.05, 4.69) is 9.88 Å². The molecule has 1 saturated heterocycles. The summed E-state index contributed by atoms with van der Waals surface area (Å²) in [6, 6.07) is 8.95. The van der Waals surface area contributed by atoms with Gasteiger partial charge in [0.25, 0.3) is 5.56 Å². The molecule has 1 fully saturated rings. The van der Waals surface area contributed by atoms with Crippen molar-refractivity contribution >= 4 is 5.91 Å². The normalized spacial score (nSPS) is 15.6. The van der Waals surface area contributed by atoms with Crippen molar-refractivity contribution in [2.45, 2.75) is 13.1 Å². The number of pyridine rings is 2. The van der Waals surface area contributed by atoms with E-state index < -0.39 is 0 Å². The number of nitrogens with zero attached hydrogens (tertiary/aromatic N) is 4. The highest BCUT2D eigenvalue weighted by Crippen LogP contribution is 2.08. The highest BCUT2D eigenvalue weighted by molar-refractivity contribution is 5.76. The Kier molecular flexibility index (Phi) is 4.83. The first-order valence-electron chi connectivity index (χ1n) is 7.77. The van der Waals surface area contributed by atoms with Crippen LogP contribution in [0.1, 0.15) is 5.56 Å². The zero-order valence-electron chi connectivity index (χ0n) is 13.0. The van der Waals surface area contributed by atoms with Crippen LogP contribution in [0.15, 0.2) is 53.7 Å². The summed E-state index contributed by atoms with van der Waals surface area (Å²) in [5.74, 6) is 0.00172. The molecule has 1 aliphatic rings. The van der Waals surface area contributed by atoms with E-state index in [-0.39, 0.29) is 18.0 Å². The Bertz CT molecular complexity index is 706. The monoisotopic (exact) mass is 312 g/mol. The third kappa shape index (κ3) is 4.04. The summed E-state index contributed by atoms with van der Waals surface area (Å²) < 4.78 is 1.45. The number of piperazine rings is 1. The maximum Gasteiger partial charge on any atom is 0.250 e. The van der Waals surface area contributed by atoms with Gasteiger partial charge in [0.15, 0.2) is 0 Å². The van der Waals surface area contributed by atoms with E-state index in [0.717, 1.165) is 19.6 Å². The van der Waals surface area contributed by atoms with Gasteiger partial charge in [-0.15, -0.1) is 0 Å². The lowest BCUT2D eigenvalue weighted by Crippen LogP contribution is -2.49. The van der Waals surface area contributed by atoms with Crippen LogP contribution >= 0.6 is 0 Å². The SMILES string of the molecule is O=C(Cn1ccccc1=O)N1CCN(Cc2ccncc2)CC1. The summed E-state index contributed by atoms with van der Waals surface area (Å²) in [5, 5.41) is 0. The van der Waals surface area contributed by atoms with Crippen molar-refractivity contribution in [1.82, 2.24) is 19.4 Å². The van der Waals surface area contributed by atoms with Crippen LogP contribution in [0.25, 0.3) is 0 Å². The molecule has 3 heterocycles. The van der Waals surface area contributed by atoms with Gasteiger partial charge in [0, 0.05) is 57.4 Å². The van der Waals surface area contributed by atoms with Crippen molar-refractivity contribution in [1.29, 1.82) is 0 Å². The lowest BCUT2D eigenvalue weighted by Gasteiger charge is -2.34. The summed E-state index contributed by atoms with van der Waals surface area (Å²) in [6.45, 7) is 4.08. The molecule has 0 N–H and O–H groups in total. The van der Waals surface area contributed by atoms with E-state index >= 15 is 0 Å². The number of hydrogen-bond donors (Lipinski definition) is 0. The number of hydrogen-bond acceptors (Lipinski definition) is 4. The van der Waals surface area contributed by atoms with Crippen molar-refractivity contribution in [3.8, 4) is 0 Å². The fraction of sp³-hybridized carbons (Fsp3) is 0.353. The fourth-order valence-electron chi connectivity index (χ4n) is 2.74. The standard InChI is InChI=1S/C17H20N4O2/c22-16-3-1-2-8-21(16)14-17(23)20-11-9-19(10-12-20)13-15-4-6-18-7-5-15/h1-8H,9-14H2. The molecule has 0 aromatic carbocycles. The highest BCUT2D eigenvalue weighted by Gasteiger charge is 2.21. The minimum Gasteiger partial charge on any atom is -0.339 e. The average Bonchev–Trinajstić information content (AvgIpc) is 2.58. The van der Waals surface area contributed by atoms with Crippen molar-refractivity contribution in [2.75, 3.05) is 26.2 Å². The molecule has 2 aromatic rings. The number of carbonyl (C=O) groups excluding carboxylic acids is 1. The van der Waals surface area contributed by atoms with Crippen molar-refractivity contribution < 1.29 is 4.79 Å². The molecule has 23 heavy (non-hydrogen) atoms. The van der Waals surface area contributed by atoms with Gasteiger partial charge in [-0.25, -0.2) is 0 Å². The molecule has 2 aromatic heterocycles. The van der Waals surface area contributed by atoms with Crippen LogP contribution in [0.4, 0.5) is 0 Å². The first kappa shape index (κ1) is 15.4. The van der Waals surface area contributed by atoms with Gasteiger partial charge in [-0.1, -0.05) is 6.07 Å². The van der Waals surface area contributed by atoms with Gasteiger partial charge in [-0.2, -0.15) is 0 Å². The Balaban J connectivity index is 1.51. The predicted octanol–water partition coefficient (Wildman–Crippen LogP) is 0.588. The van der Waals surface area contributed by atoms with Crippen LogP contribution in [0.5, 0.6) is 0 Å². The van der Waals surface area contributed by atoms with E-state index in [1.165, 1.54) is 16.2 Å². The van der Waals surface area contributed by atoms with Crippen molar-refractivity contribution in [3.63, 3.8) is 0 Å². The molecule has 0 bridgehead atoms. The van der Waals surface area contributed by atoms with E-state index in [9.17, 15) is 9.59 Å². The van der Waals surface area contributed by atoms with Crippen LogP contribution in [0.3, 0.4) is 0 Å². The third-order valence-corrected chi connectivity index (χ3v) is 4.09. The predicted molar refractivity (Wildman–Crippen MR) is 86.8 cm³/mol. The topological polar surface area (TPSA) is 58.4 Å². The van der Waals surface area contributed by atoms with E-state index in [1.54, 1.807) is 30.7 Å². The molecule has 0 radical (unpaired) electrons. The van der Waals surface area contributed by atoms with Crippen LogP contribution in [0, 0.1) is 0 Å². The minimum absolute atomic E-state index is 0.00172. The maximum atomic E-state index is 12.3. The van der Waals surface area contributed by atoms with Gasteiger partial charge in [0.2, 0.25) is 5.91 Å².